The number of amides is 1. The van der Waals surface area contributed by atoms with Crippen molar-refractivity contribution in [3.63, 3.8) is 0 Å². The number of hydrazone groups is 1. The van der Waals surface area contributed by atoms with Crippen molar-refractivity contribution in [2.75, 3.05) is 6.79 Å². The molecule has 1 amide bonds. The van der Waals surface area contributed by atoms with Gasteiger partial charge in [0.1, 0.15) is 0 Å². The summed E-state index contributed by atoms with van der Waals surface area (Å²) < 4.78 is 17.4. The van der Waals surface area contributed by atoms with Crippen LogP contribution in [0.4, 0.5) is 0 Å². The van der Waals surface area contributed by atoms with Crippen LogP contribution in [0.15, 0.2) is 68.9 Å². The van der Waals surface area contributed by atoms with Crippen molar-refractivity contribution in [2.45, 2.75) is 0 Å². The van der Waals surface area contributed by atoms with Crippen LogP contribution in [0.1, 0.15) is 26.3 Å². The van der Waals surface area contributed by atoms with E-state index in [1.165, 1.54) is 12.4 Å². The van der Waals surface area contributed by atoms with Gasteiger partial charge < -0.3 is 14.2 Å². The molecule has 0 fully saturated rings. The van der Waals surface area contributed by atoms with Gasteiger partial charge in [0.15, 0.2) is 17.2 Å². The number of carbonyl (C=O) groups is 2. The summed E-state index contributed by atoms with van der Waals surface area (Å²) in [5.41, 5.74) is 3.54. The van der Waals surface area contributed by atoms with Gasteiger partial charge in [-0.2, -0.15) is 5.10 Å². The fourth-order valence-corrected chi connectivity index (χ4v) is 4.02. The lowest BCUT2D eigenvalue weighted by atomic mass is 10.2. The summed E-state index contributed by atoms with van der Waals surface area (Å²) in [5, 5.41) is 3.97. The molecule has 3 aromatic rings. The van der Waals surface area contributed by atoms with E-state index in [2.05, 4.69) is 47.4 Å². The van der Waals surface area contributed by atoms with Crippen LogP contribution in [-0.4, -0.2) is 29.9 Å². The van der Waals surface area contributed by atoms with E-state index in [1.54, 1.807) is 48.7 Å². The minimum absolute atomic E-state index is 0.109. The summed E-state index contributed by atoms with van der Waals surface area (Å²) in [5.74, 6) is 0.278. The highest BCUT2D eigenvalue weighted by Gasteiger charge is 2.19. The molecule has 1 aliphatic heterocycles. The van der Waals surface area contributed by atoms with E-state index in [-0.39, 0.29) is 12.5 Å². The minimum Gasteiger partial charge on any atom is -0.454 e. The van der Waals surface area contributed by atoms with Gasteiger partial charge in [0.25, 0.3) is 5.91 Å². The van der Waals surface area contributed by atoms with E-state index < -0.39 is 11.9 Å². The second kappa shape index (κ2) is 9.27. The predicted molar refractivity (Wildman–Crippen MR) is 119 cm³/mol. The van der Waals surface area contributed by atoms with Crippen LogP contribution in [0.25, 0.3) is 0 Å². The molecule has 2 aromatic carbocycles. The van der Waals surface area contributed by atoms with Gasteiger partial charge in [-0.05, 0) is 58.4 Å². The maximum absolute atomic E-state index is 12.7. The number of halogens is 2. The van der Waals surface area contributed by atoms with Crippen LogP contribution in [0, 0.1) is 0 Å². The van der Waals surface area contributed by atoms with Gasteiger partial charge in [-0.25, -0.2) is 10.2 Å². The Balaban J connectivity index is 1.54. The molecule has 0 saturated carbocycles. The van der Waals surface area contributed by atoms with Gasteiger partial charge in [0.05, 0.1) is 21.8 Å². The number of hydrogen-bond acceptors (Lipinski definition) is 7. The first-order valence-electron chi connectivity index (χ1n) is 8.85. The Morgan fingerprint density at radius 3 is 2.74 bits per heavy atom. The molecule has 0 spiro atoms. The summed E-state index contributed by atoms with van der Waals surface area (Å²) in [6.07, 6.45) is 4.38. The number of ether oxygens (including phenoxy) is 3. The van der Waals surface area contributed by atoms with Gasteiger partial charge in [0, 0.05) is 22.4 Å². The third-order valence-electron chi connectivity index (χ3n) is 4.13. The maximum atomic E-state index is 12.7. The highest BCUT2D eigenvalue weighted by atomic mass is 79.9. The largest absolute Gasteiger partial charge is 0.454 e. The standard InChI is InChI=1S/C21H13Br2N3O5/c22-15-6-14(10-25-26-20(27)13-2-1-5-24-9-13)19(16(23)8-15)31-21(28)12-3-4-17-18(7-12)30-11-29-17/h1-10H,11H2,(H,26,27). The highest BCUT2D eigenvalue weighted by molar-refractivity contribution is 9.11. The third-order valence-corrected chi connectivity index (χ3v) is 5.18. The number of esters is 1. The summed E-state index contributed by atoms with van der Waals surface area (Å²) in [4.78, 5) is 28.7. The molecule has 1 aromatic heterocycles. The molecule has 10 heteroatoms. The van der Waals surface area contributed by atoms with E-state index >= 15 is 0 Å². The van der Waals surface area contributed by atoms with Crippen LogP contribution in [-0.2, 0) is 0 Å². The molecule has 0 saturated heterocycles. The molecule has 0 atom stereocenters. The summed E-state index contributed by atoms with van der Waals surface area (Å²) in [7, 11) is 0. The molecule has 0 radical (unpaired) electrons. The van der Waals surface area contributed by atoms with Crippen LogP contribution < -0.4 is 19.6 Å². The molecule has 0 unspecified atom stereocenters. The van der Waals surface area contributed by atoms with Crippen molar-refractivity contribution in [3.8, 4) is 17.2 Å². The molecule has 156 valence electrons. The third kappa shape index (κ3) is 4.92. The molecule has 0 bridgehead atoms. The molecule has 31 heavy (non-hydrogen) atoms. The summed E-state index contributed by atoms with van der Waals surface area (Å²) >= 11 is 6.79. The maximum Gasteiger partial charge on any atom is 0.343 e. The van der Waals surface area contributed by atoms with E-state index in [9.17, 15) is 9.59 Å². The van der Waals surface area contributed by atoms with Crippen LogP contribution in [0.2, 0.25) is 0 Å². The summed E-state index contributed by atoms with van der Waals surface area (Å²) in [6.45, 7) is 0.109. The predicted octanol–water partition coefficient (Wildman–Crippen LogP) is 4.32. The molecule has 2 heterocycles. The van der Waals surface area contributed by atoms with Gasteiger partial charge >= 0.3 is 5.97 Å². The van der Waals surface area contributed by atoms with Crippen LogP contribution in [0.5, 0.6) is 17.2 Å². The van der Waals surface area contributed by atoms with Gasteiger partial charge in [-0.1, -0.05) is 15.9 Å². The summed E-state index contributed by atoms with van der Waals surface area (Å²) in [6, 6.07) is 11.5. The lowest BCUT2D eigenvalue weighted by molar-refractivity contribution is 0.0732. The lowest BCUT2D eigenvalue weighted by Gasteiger charge is -2.11. The average molecular weight is 547 g/mol. The Morgan fingerprint density at radius 2 is 1.94 bits per heavy atom. The fraction of sp³-hybridized carbons (Fsp3) is 0.0476. The number of benzene rings is 2. The van der Waals surface area contributed by atoms with Crippen molar-refractivity contribution in [2.24, 2.45) is 5.10 Å². The Labute approximate surface area is 193 Å². The average Bonchev–Trinajstić information content (AvgIpc) is 3.24. The molecule has 8 nitrogen and oxygen atoms in total. The van der Waals surface area contributed by atoms with Crippen LogP contribution in [0.3, 0.4) is 0 Å². The fourth-order valence-electron chi connectivity index (χ4n) is 2.68. The highest BCUT2D eigenvalue weighted by Crippen LogP contribution is 2.35. The molecule has 0 aliphatic carbocycles. The molecule has 1 aliphatic rings. The zero-order chi connectivity index (χ0) is 21.8. The first-order chi connectivity index (χ1) is 15.0. The van der Waals surface area contributed by atoms with Gasteiger partial charge in [-0.3, -0.25) is 9.78 Å². The zero-order valence-electron chi connectivity index (χ0n) is 15.7. The van der Waals surface area contributed by atoms with E-state index in [4.69, 9.17) is 14.2 Å². The minimum atomic E-state index is -0.588. The van der Waals surface area contributed by atoms with Crippen molar-refractivity contribution in [3.05, 3.63) is 80.5 Å². The number of hydrogen-bond donors (Lipinski definition) is 1. The first-order valence-corrected chi connectivity index (χ1v) is 10.4. The number of rotatable bonds is 5. The van der Waals surface area contributed by atoms with E-state index in [0.717, 1.165) is 4.47 Å². The quantitative estimate of drug-likeness (QED) is 0.221. The second-order valence-electron chi connectivity index (χ2n) is 6.20. The van der Waals surface area contributed by atoms with Gasteiger partial charge in [0.2, 0.25) is 6.79 Å². The zero-order valence-corrected chi connectivity index (χ0v) is 18.8. The lowest BCUT2D eigenvalue weighted by Crippen LogP contribution is -2.18. The Morgan fingerprint density at radius 1 is 1.10 bits per heavy atom. The normalized spacial score (nSPS) is 12.1. The second-order valence-corrected chi connectivity index (χ2v) is 7.97. The SMILES string of the molecule is O=C(NN=Cc1cc(Br)cc(Br)c1OC(=O)c1ccc2c(c1)OCO2)c1cccnc1. The van der Waals surface area contributed by atoms with Gasteiger partial charge in [-0.15, -0.1) is 0 Å². The van der Waals surface area contributed by atoms with E-state index in [0.29, 0.717) is 32.7 Å². The van der Waals surface area contributed by atoms with Crippen molar-refractivity contribution in [1.82, 2.24) is 10.4 Å². The van der Waals surface area contributed by atoms with Crippen molar-refractivity contribution < 1.29 is 23.8 Å². The smallest absolute Gasteiger partial charge is 0.343 e. The molecule has 1 N–H and O–H groups in total. The van der Waals surface area contributed by atoms with Crippen LogP contribution >= 0.6 is 31.9 Å². The monoisotopic (exact) mass is 545 g/mol. The van der Waals surface area contributed by atoms with Crippen molar-refractivity contribution >= 4 is 50.0 Å². The Bertz CT molecular complexity index is 1190. The molecular weight excluding hydrogens is 534 g/mol. The topological polar surface area (TPSA) is 99.1 Å². The number of fused-ring (bicyclic) bond motifs is 1. The number of nitrogens with zero attached hydrogens (tertiary/aromatic N) is 2. The van der Waals surface area contributed by atoms with Crippen molar-refractivity contribution in [1.29, 1.82) is 0 Å². The number of nitrogens with one attached hydrogen (secondary N) is 1. The number of carbonyl (C=O) groups excluding carboxylic acids is 2. The molecular formula is C21H13Br2N3O5. The Kier molecular flexibility index (Phi) is 6.28. The number of pyridine rings is 1. The number of aromatic nitrogens is 1. The van der Waals surface area contributed by atoms with E-state index in [1.807, 2.05) is 0 Å². The molecule has 4 rings (SSSR count). The Hall–Kier alpha value is -3.24. The first kappa shape index (κ1) is 21.0.